The first-order valence-electron chi connectivity index (χ1n) is 7.64. The van der Waals surface area contributed by atoms with Crippen LogP contribution in [0.25, 0.3) is 5.52 Å². The molecule has 3 rings (SSSR count). The summed E-state index contributed by atoms with van der Waals surface area (Å²) in [7, 11) is 0. The molecule has 2 aromatic heterocycles. The number of imidazole rings is 1. The number of aromatic nitrogens is 2. The fraction of sp³-hybridized carbons (Fsp3) is 0.0556. The number of carbonyl (C=O) groups is 2. The van der Waals surface area contributed by atoms with Crippen LogP contribution in [0.5, 0.6) is 0 Å². The topological polar surface area (TPSA) is 75.5 Å². The first kappa shape index (κ1) is 18.0. The maximum absolute atomic E-state index is 12.7. The van der Waals surface area contributed by atoms with Gasteiger partial charge >= 0.3 is 0 Å². The molecule has 0 bridgehead atoms. The summed E-state index contributed by atoms with van der Waals surface area (Å²) in [6.07, 6.45) is 3.23. The van der Waals surface area contributed by atoms with Crippen LogP contribution in [-0.4, -0.2) is 27.7 Å². The molecule has 0 aliphatic heterocycles. The standard InChI is InChI=1S/C18H14Cl2N4O2/c1-2-8-21-17(25)15-14-5-3-4-9-24(14)16(23-15)18(26)22-11-6-7-12(19)13(20)10-11/h2-7,9-10H,1,8H2,(H,21,25)(H,22,26). The van der Waals surface area contributed by atoms with Crippen molar-refractivity contribution in [1.82, 2.24) is 14.7 Å². The minimum Gasteiger partial charge on any atom is -0.347 e. The summed E-state index contributed by atoms with van der Waals surface area (Å²) in [4.78, 5) is 29.2. The predicted octanol–water partition coefficient (Wildman–Crippen LogP) is 3.81. The van der Waals surface area contributed by atoms with Crippen molar-refractivity contribution in [1.29, 1.82) is 0 Å². The lowest BCUT2D eigenvalue weighted by Crippen LogP contribution is -2.24. The molecule has 0 aliphatic rings. The van der Waals surface area contributed by atoms with Gasteiger partial charge in [-0.05, 0) is 30.3 Å². The van der Waals surface area contributed by atoms with Gasteiger partial charge in [0.25, 0.3) is 11.8 Å². The summed E-state index contributed by atoms with van der Waals surface area (Å²) in [5, 5.41) is 6.07. The van der Waals surface area contributed by atoms with E-state index in [9.17, 15) is 9.59 Å². The van der Waals surface area contributed by atoms with Gasteiger partial charge < -0.3 is 10.6 Å². The zero-order valence-corrected chi connectivity index (χ0v) is 15.0. The number of anilines is 1. The van der Waals surface area contributed by atoms with Crippen molar-refractivity contribution in [2.24, 2.45) is 0 Å². The van der Waals surface area contributed by atoms with Crippen molar-refractivity contribution in [3.63, 3.8) is 0 Å². The van der Waals surface area contributed by atoms with Crippen molar-refractivity contribution >= 4 is 46.2 Å². The Labute approximate surface area is 159 Å². The van der Waals surface area contributed by atoms with E-state index in [4.69, 9.17) is 23.2 Å². The molecule has 0 spiro atoms. The molecule has 2 heterocycles. The minimum atomic E-state index is -0.479. The van der Waals surface area contributed by atoms with Crippen LogP contribution in [-0.2, 0) is 0 Å². The van der Waals surface area contributed by atoms with Crippen molar-refractivity contribution in [2.75, 3.05) is 11.9 Å². The van der Waals surface area contributed by atoms with E-state index in [0.717, 1.165) is 0 Å². The van der Waals surface area contributed by atoms with E-state index in [0.29, 0.717) is 27.8 Å². The van der Waals surface area contributed by atoms with Gasteiger partial charge in [-0.3, -0.25) is 14.0 Å². The Morgan fingerprint density at radius 1 is 1.15 bits per heavy atom. The summed E-state index contributed by atoms with van der Waals surface area (Å²) in [5.74, 6) is -0.787. The van der Waals surface area contributed by atoms with E-state index >= 15 is 0 Å². The first-order chi connectivity index (χ1) is 12.5. The Balaban J connectivity index is 1.96. The Kier molecular flexibility index (Phi) is 5.25. The Bertz CT molecular complexity index is 1010. The van der Waals surface area contributed by atoms with Gasteiger partial charge in [0.15, 0.2) is 5.69 Å². The quantitative estimate of drug-likeness (QED) is 0.652. The third-order valence-electron chi connectivity index (χ3n) is 3.55. The smallest absolute Gasteiger partial charge is 0.292 e. The largest absolute Gasteiger partial charge is 0.347 e. The highest BCUT2D eigenvalue weighted by Gasteiger charge is 2.21. The van der Waals surface area contributed by atoms with Crippen LogP contribution in [0.3, 0.4) is 0 Å². The van der Waals surface area contributed by atoms with Crippen LogP contribution in [0.4, 0.5) is 5.69 Å². The number of halogens is 2. The van der Waals surface area contributed by atoms with Crippen LogP contribution in [0.2, 0.25) is 10.0 Å². The number of amides is 2. The van der Waals surface area contributed by atoms with Crippen molar-refractivity contribution in [3.05, 3.63) is 76.8 Å². The van der Waals surface area contributed by atoms with Crippen LogP contribution >= 0.6 is 23.2 Å². The molecule has 0 fully saturated rings. The highest BCUT2D eigenvalue weighted by Crippen LogP contribution is 2.25. The van der Waals surface area contributed by atoms with E-state index < -0.39 is 5.91 Å². The number of rotatable bonds is 5. The maximum atomic E-state index is 12.7. The van der Waals surface area contributed by atoms with Gasteiger partial charge in [-0.1, -0.05) is 35.3 Å². The highest BCUT2D eigenvalue weighted by molar-refractivity contribution is 6.42. The molecule has 8 heteroatoms. The molecule has 0 saturated carbocycles. The molecule has 0 atom stereocenters. The molecule has 0 unspecified atom stereocenters. The van der Waals surface area contributed by atoms with E-state index in [1.165, 1.54) is 6.07 Å². The monoisotopic (exact) mass is 388 g/mol. The summed E-state index contributed by atoms with van der Waals surface area (Å²) in [6.45, 7) is 3.86. The van der Waals surface area contributed by atoms with E-state index in [-0.39, 0.29) is 17.4 Å². The normalized spacial score (nSPS) is 10.5. The molecule has 0 saturated heterocycles. The number of hydrogen-bond donors (Lipinski definition) is 2. The second-order valence-corrected chi connectivity index (χ2v) is 6.14. The summed E-state index contributed by atoms with van der Waals surface area (Å²) >= 11 is 11.8. The van der Waals surface area contributed by atoms with Gasteiger partial charge in [0.05, 0.1) is 15.6 Å². The fourth-order valence-electron chi connectivity index (χ4n) is 2.37. The second kappa shape index (κ2) is 7.59. The number of pyridine rings is 1. The van der Waals surface area contributed by atoms with Gasteiger partial charge in [0.1, 0.15) is 0 Å². The lowest BCUT2D eigenvalue weighted by Gasteiger charge is -2.05. The number of hydrogen-bond acceptors (Lipinski definition) is 3. The van der Waals surface area contributed by atoms with Crippen molar-refractivity contribution in [2.45, 2.75) is 0 Å². The average Bonchev–Trinajstić information content (AvgIpc) is 3.03. The Hall–Kier alpha value is -2.83. The van der Waals surface area contributed by atoms with Crippen molar-refractivity contribution < 1.29 is 9.59 Å². The first-order valence-corrected chi connectivity index (χ1v) is 8.39. The van der Waals surface area contributed by atoms with Gasteiger partial charge in [-0.25, -0.2) is 4.98 Å². The van der Waals surface area contributed by atoms with E-state index in [1.54, 1.807) is 47.0 Å². The number of carbonyl (C=O) groups excluding carboxylic acids is 2. The zero-order chi connectivity index (χ0) is 18.7. The van der Waals surface area contributed by atoms with Gasteiger partial charge in [-0.2, -0.15) is 0 Å². The Morgan fingerprint density at radius 2 is 1.96 bits per heavy atom. The molecule has 0 radical (unpaired) electrons. The number of benzene rings is 1. The average molecular weight is 389 g/mol. The molecule has 0 aliphatic carbocycles. The summed E-state index contributed by atoms with van der Waals surface area (Å²) in [5.41, 5.74) is 1.15. The molecule has 2 N–H and O–H groups in total. The second-order valence-electron chi connectivity index (χ2n) is 5.32. The van der Waals surface area contributed by atoms with Gasteiger partial charge in [-0.15, -0.1) is 6.58 Å². The zero-order valence-electron chi connectivity index (χ0n) is 13.5. The predicted molar refractivity (Wildman–Crippen MR) is 102 cm³/mol. The molecule has 6 nitrogen and oxygen atoms in total. The Morgan fingerprint density at radius 3 is 2.69 bits per heavy atom. The summed E-state index contributed by atoms with van der Waals surface area (Å²) in [6, 6.07) is 9.97. The van der Waals surface area contributed by atoms with Crippen molar-refractivity contribution in [3.8, 4) is 0 Å². The molecule has 1 aromatic carbocycles. The third-order valence-corrected chi connectivity index (χ3v) is 4.29. The van der Waals surface area contributed by atoms with Crippen LogP contribution in [0.1, 0.15) is 21.1 Å². The van der Waals surface area contributed by atoms with Crippen LogP contribution in [0, 0.1) is 0 Å². The van der Waals surface area contributed by atoms with Gasteiger partial charge in [0, 0.05) is 18.4 Å². The van der Waals surface area contributed by atoms with Crippen LogP contribution < -0.4 is 10.6 Å². The number of nitrogens with one attached hydrogen (secondary N) is 2. The minimum absolute atomic E-state index is 0.0791. The third kappa shape index (κ3) is 3.56. The van der Waals surface area contributed by atoms with Crippen LogP contribution in [0.15, 0.2) is 55.3 Å². The van der Waals surface area contributed by atoms with E-state index in [2.05, 4.69) is 22.2 Å². The molecular formula is C18H14Cl2N4O2. The number of nitrogens with zero attached hydrogens (tertiary/aromatic N) is 2. The molecule has 3 aromatic rings. The molecule has 2 amide bonds. The lowest BCUT2D eigenvalue weighted by molar-refractivity contribution is 0.0955. The SMILES string of the molecule is C=CCNC(=O)c1nc(C(=O)Nc2ccc(Cl)c(Cl)c2)n2ccccc12. The maximum Gasteiger partial charge on any atom is 0.292 e. The molecule has 26 heavy (non-hydrogen) atoms. The number of fused-ring (bicyclic) bond motifs is 1. The highest BCUT2D eigenvalue weighted by atomic mass is 35.5. The van der Waals surface area contributed by atoms with E-state index in [1.807, 2.05) is 0 Å². The van der Waals surface area contributed by atoms with Gasteiger partial charge in [0.2, 0.25) is 5.82 Å². The fourth-order valence-corrected chi connectivity index (χ4v) is 2.67. The molecular weight excluding hydrogens is 375 g/mol. The molecule has 132 valence electrons. The lowest BCUT2D eigenvalue weighted by atomic mass is 10.3. The summed E-state index contributed by atoms with van der Waals surface area (Å²) < 4.78 is 1.55.